The number of methoxy groups -OCH3 is 1. The molecular weight excluding hydrogens is 362 g/mol. The monoisotopic (exact) mass is 393 g/mol. The van der Waals surface area contributed by atoms with E-state index in [4.69, 9.17) is 0 Å². The Hall–Kier alpha value is -2.62. The van der Waals surface area contributed by atoms with Crippen LogP contribution < -0.4 is 5.32 Å². The molecule has 0 aromatic heterocycles. The molecular formula is C25H31NO3. The normalized spacial score (nSPS) is 16.6. The molecule has 1 N–H and O–H groups in total. The van der Waals surface area contributed by atoms with E-state index < -0.39 is 0 Å². The molecule has 4 heteroatoms. The summed E-state index contributed by atoms with van der Waals surface area (Å²) >= 11 is 0. The molecule has 2 aromatic rings. The number of carbonyl (C=O) groups excluding carboxylic acids is 2. The molecule has 0 heterocycles. The summed E-state index contributed by atoms with van der Waals surface area (Å²) in [5, 5.41) is 2.99. The Morgan fingerprint density at radius 1 is 0.931 bits per heavy atom. The fraction of sp³-hybridized carbons (Fsp3) is 0.440. The SMILES string of the molecule is COC(=O)CCc1ccc(NC(=O)c2ccc3c(c2)C(C)(C)CCC3(C)C)cc1. The molecule has 29 heavy (non-hydrogen) atoms. The van der Waals surface area contributed by atoms with E-state index in [9.17, 15) is 9.59 Å². The Morgan fingerprint density at radius 2 is 1.55 bits per heavy atom. The van der Waals surface area contributed by atoms with Crippen LogP contribution >= 0.6 is 0 Å². The molecule has 0 radical (unpaired) electrons. The first kappa shape index (κ1) is 21.1. The average Bonchev–Trinajstić information content (AvgIpc) is 2.70. The van der Waals surface area contributed by atoms with Crippen molar-refractivity contribution < 1.29 is 14.3 Å². The van der Waals surface area contributed by atoms with Crippen molar-refractivity contribution in [2.24, 2.45) is 0 Å². The van der Waals surface area contributed by atoms with Crippen molar-refractivity contribution in [2.75, 3.05) is 12.4 Å². The van der Waals surface area contributed by atoms with Crippen molar-refractivity contribution in [1.82, 2.24) is 0 Å². The lowest BCUT2D eigenvalue weighted by Crippen LogP contribution is -2.34. The molecule has 2 aromatic carbocycles. The van der Waals surface area contributed by atoms with Gasteiger partial charge in [0.05, 0.1) is 7.11 Å². The molecule has 3 rings (SSSR count). The van der Waals surface area contributed by atoms with Crippen LogP contribution in [0.25, 0.3) is 0 Å². The topological polar surface area (TPSA) is 55.4 Å². The van der Waals surface area contributed by atoms with Crippen molar-refractivity contribution in [3.63, 3.8) is 0 Å². The van der Waals surface area contributed by atoms with Gasteiger partial charge in [-0.2, -0.15) is 0 Å². The third-order valence-corrected chi connectivity index (χ3v) is 6.17. The molecule has 4 nitrogen and oxygen atoms in total. The summed E-state index contributed by atoms with van der Waals surface area (Å²) < 4.78 is 4.67. The van der Waals surface area contributed by atoms with E-state index in [0.29, 0.717) is 18.4 Å². The number of amides is 1. The van der Waals surface area contributed by atoms with Crippen LogP contribution in [0.15, 0.2) is 42.5 Å². The van der Waals surface area contributed by atoms with Gasteiger partial charge in [0.15, 0.2) is 0 Å². The lowest BCUT2D eigenvalue weighted by atomic mass is 9.63. The molecule has 0 saturated carbocycles. The molecule has 0 fully saturated rings. The molecule has 154 valence electrons. The number of carbonyl (C=O) groups is 2. The van der Waals surface area contributed by atoms with Crippen molar-refractivity contribution in [1.29, 1.82) is 0 Å². The lowest BCUT2D eigenvalue weighted by Gasteiger charge is -2.42. The van der Waals surface area contributed by atoms with Crippen LogP contribution in [-0.4, -0.2) is 19.0 Å². The number of esters is 1. The number of rotatable bonds is 5. The maximum atomic E-state index is 12.8. The summed E-state index contributed by atoms with van der Waals surface area (Å²) in [5.41, 5.74) is 5.30. The largest absolute Gasteiger partial charge is 0.469 e. The van der Waals surface area contributed by atoms with E-state index in [2.05, 4.69) is 49.9 Å². The molecule has 0 saturated heterocycles. The van der Waals surface area contributed by atoms with E-state index in [1.165, 1.54) is 18.2 Å². The Bertz CT molecular complexity index is 910. The number of fused-ring (bicyclic) bond motifs is 1. The first-order valence-corrected chi connectivity index (χ1v) is 10.2. The molecule has 0 unspecified atom stereocenters. The molecule has 0 atom stereocenters. The molecule has 0 aliphatic heterocycles. The van der Waals surface area contributed by atoms with Crippen LogP contribution in [0.2, 0.25) is 0 Å². The minimum atomic E-state index is -0.221. The Labute approximate surface area is 173 Å². The van der Waals surface area contributed by atoms with Gasteiger partial charge in [-0.15, -0.1) is 0 Å². The standard InChI is InChI=1S/C25H31NO3/c1-24(2)14-15-25(3,4)21-16-18(9-12-20(21)24)23(28)26-19-10-6-17(7-11-19)8-13-22(27)29-5/h6-7,9-12,16H,8,13-15H2,1-5H3,(H,26,28). The van der Waals surface area contributed by atoms with Gasteiger partial charge in [-0.25, -0.2) is 0 Å². The number of hydrogen-bond acceptors (Lipinski definition) is 3. The van der Waals surface area contributed by atoms with Crippen molar-refractivity contribution in [3.8, 4) is 0 Å². The summed E-state index contributed by atoms with van der Waals surface area (Å²) in [6, 6.07) is 13.7. The fourth-order valence-electron chi connectivity index (χ4n) is 4.04. The van der Waals surface area contributed by atoms with E-state index in [-0.39, 0.29) is 22.7 Å². The van der Waals surface area contributed by atoms with Gasteiger partial charge in [0.25, 0.3) is 5.91 Å². The predicted molar refractivity (Wildman–Crippen MR) is 116 cm³/mol. The number of nitrogens with one attached hydrogen (secondary N) is 1. The van der Waals surface area contributed by atoms with Crippen LogP contribution in [0.4, 0.5) is 5.69 Å². The van der Waals surface area contributed by atoms with Crippen LogP contribution in [0.5, 0.6) is 0 Å². The van der Waals surface area contributed by atoms with E-state index in [0.717, 1.165) is 24.1 Å². The summed E-state index contributed by atoms with van der Waals surface area (Å²) in [5.74, 6) is -0.324. The van der Waals surface area contributed by atoms with Crippen molar-refractivity contribution >= 4 is 17.6 Å². The van der Waals surface area contributed by atoms with Crippen LogP contribution in [0.1, 0.15) is 74.0 Å². The minimum Gasteiger partial charge on any atom is -0.469 e. The van der Waals surface area contributed by atoms with Gasteiger partial charge in [-0.3, -0.25) is 9.59 Å². The van der Waals surface area contributed by atoms with Crippen molar-refractivity contribution in [3.05, 3.63) is 64.7 Å². The molecule has 0 spiro atoms. The predicted octanol–water partition coefficient (Wildman–Crippen LogP) is 5.39. The van der Waals surface area contributed by atoms with E-state index >= 15 is 0 Å². The van der Waals surface area contributed by atoms with Crippen molar-refractivity contribution in [2.45, 2.75) is 64.2 Å². The number of ether oxygens (including phenoxy) is 1. The summed E-state index contributed by atoms with van der Waals surface area (Å²) in [7, 11) is 1.39. The van der Waals surface area contributed by atoms with Crippen LogP contribution in [0.3, 0.4) is 0 Å². The second-order valence-electron chi connectivity index (χ2n) is 9.26. The van der Waals surface area contributed by atoms with Crippen LogP contribution in [-0.2, 0) is 26.8 Å². The highest BCUT2D eigenvalue weighted by Crippen LogP contribution is 2.45. The number of benzene rings is 2. The average molecular weight is 394 g/mol. The second kappa shape index (κ2) is 8.02. The summed E-state index contributed by atoms with van der Waals surface area (Å²) in [6.45, 7) is 9.08. The molecule has 1 amide bonds. The first-order chi connectivity index (χ1) is 13.6. The van der Waals surface area contributed by atoms with Gasteiger partial charge in [-0.1, -0.05) is 45.9 Å². The smallest absolute Gasteiger partial charge is 0.305 e. The van der Waals surface area contributed by atoms with Gasteiger partial charge in [0, 0.05) is 17.7 Å². The fourth-order valence-corrected chi connectivity index (χ4v) is 4.04. The summed E-state index contributed by atoms with van der Waals surface area (Å²) in [4.78, 5) is 24.1. The minimum absolute atomic E-state index is 0.0719. The van der Waals surface area contributed by atoms with E-state index in [1.807, 2.05) is 30.3 Å². The van der Waals surface area contributed by atoms with E-state index in [1.54, 1.807) is 0 Å². The zero-order valence-corrected chi connectivity index (χ0v) is 18.1. The Balaban J connectivity index is 1.74. The lowest BCUT2D eigenvalue weighted by molar-refractivity contribution is -0.140. The first-order valence-electron chi connectivity index (χ1n) is 10.2. The highest BCUT2D eigenvalue weighted by Gasteiger charge is 2.37. The van der Waals surface area contributed by atoms with Gasteiger partial charge in [-0.05, 0) is 71.0 Å². The van der Waals surface area contributed by atoms with Gasteiger partial charge in [0.2, 0.25) is 0 Å². The summed E-state index contributed by atoms with van der Waals surface area (Å²) in [6.07, 6.45) is 3.24. The van der Waals surface area contributed by atoms with Gasteiger partial charge in [0.1, 0.15) is 0 Å². The zero-order chi connectivity index (χ0) is 21.2. The maximum Gasteiger partial charge on any atom is 0.305 e. The number of hydrogen-bond donors (Lipinski definition) is 1. The molecule has 1 aliphatic rings. The van der Waals surface area contributed by atoms with Gasteiger partial charge >= 0.3 is 5.97 Å². The number of aryl methyl sites for hydroxylation is 1. The quantitative estimate of drug-likeness (QED) is 0.693. The molecule has 0 bridgehead atoms. The highest BCUT2D eigenvalue weighted by molar-refractivity contribution is 6.04. The van der Waals surface area contributed by atoms with Crippen LogP contribution in [0, 0.1) is 0 Å². The number of anilines is 1. The van der Waals surface area contributed by atoms with Gasteiger partial charge < -0.3 is 10.1 Å². The molecule has 1 aliphatic carbocycles. The maximum absolute atomic E-state index is 12.8. The Morgan fingerprint density at radius 3 is 2.17 bits per heavy atom. The zero-order valence-electron chi connectivity index (χ0n) is 18.1. The Kier molecular flexibility index (Phi) is 5.83. The second-order valence-corrected chi connectivity index (χ2v) is 9.26. The third-order valence-electron chi connectivity index (χ3n) is 6.17. The highest BCUT2D eigenvalue weighted by atomic mass is 16.5. The third kappa shape index (κ3) is 4.69.